The lowest BCUT2D eigenvalue weighted by atomic mass is 10.1. The summed E-state index contributed by atoms with van der Waals surface area (Å²) in [6.07, 6.45) is 0. The van der Waals surface area contributed by atoms with Gasteiger partial charge in [-0.05, 0) is 55.8 Å². The lowest BCUT2D eigenvalue weighted by Gasteiger charge is -2.19. The number of nitrogens with one attached hydrogen (secondary N) is 1. The summed E-state index contributed by atoms with van der Waals surface area (Å²) in [5.74, 6) is 0.797. The van der Waals surface area contributed by atoms with Gasteiger partial charge >= 0.3 is 0 Å². The molecule has 1 aromatic carbocycles. The van der Waals surface area contributed by atoms with Gasteiger partial charge in [0.05, 0.1) is 12.2 Å². The summed E-state index contributed by atoms with van der Waals surface area (Å²) in [6.45, 7) is 9.02. The predicted molar refractivity (Wildman–Crippen MR) is 78.2 cm³/mol. The number of nitrogens with zero attached hydrogens (tertiary/aromatic N) is 4. The van der Waals surface area contributed by atoms with E-state index in [0.717, 1.165) is 16.0 Å². The van der Waals surface area contributed by atoms with Crippen LogP contribution in [0.4, 0.5) is 0 Å². The number of halogens is 1. The fourth-order valence-corrected chi connectivity index (χ4v) is 1.94. The maximum absolute atomic E-state index is 4.07. The van der Waals surface area contributed by atoms with E-state index in [1.165, 1.54) is 5.56 Å². The van der Waals surface area contributed by atoms with Crippen LogP contribution in [0.1, 0.15) is 32.2 Å². The molecular formula is C13H18BrN5. The number of hydrogen-bond donors (Lipinski definition) is 1. The second-order valence-electron chi connectivity index (χ2n) is 5.54. The summed E-state index contributed by atoms with van der Waals surface area (Å²) >= 11 is 3.53. The van der Waals surface area contributed by atoms with Crippen LogP contribution in [-0.4, -0.2) is 25.7 Å². The largest absolute Gasteiger partial charge is 0.305 e. The van der Waals surface area contributed by atoms with E-state index < -0.39 is 0 Å². The molecule has 102 valence electrons. The first-order chi connectivity index (χ1) is 8.87. The molecule has 0 spiro atoms. The zero-order chi connectivity index (χ0) is 14.0. The number of benzene rings is 1. The van der Waals surface area contributed by atoms with Gasteiger partial charge < -0.3 is 5.32 Å². The molecule has 5 nitrogen and oxygen atoms in total. The van der Waals surface area contributed by atoms with Crippen molar-refractivity contribution in [3.63, 3.8) is 0 Å². The molecule has 1 aromatic heterocycles. The molecule has 0 fully saturated rings. The monoisotopic (exact) mass is 323 g/mol. The summed E-state index contributed by atoms with van der Waals surface area (Å²) in [7, 11) is 0. The van der Waals surface area contributed by atoms with Crippen molar-refractivity contribution in [3.8, 4) is 5.69 Å². The lowest BCUT2D eigenvalue weighted by molar-refractivity contribution is 0.415. The first-order valence-electron chi connectivity index (χ1n) is 6.15. The summed E-state index contributed by atoms with van der Waals surface area (Å²) in [6, 6.07) is 6.07. The molecule has 0 aliphatic carbocycles. The first kappa shape index (κ1) is 14.1. The molecule has 2 aromatic rings. The van der Waals surface area contributed by atoms with Crippen LogP contribution in [0.2, 0.25) is 0 Å². The molecule has 2 rings (SSSR count). The molecule has 1 heterocycles. The fraction of sp³-hybridized carbons (Fsp3) is 0.462. The third-order valence-electron chi connectivity index (χ3n) is 2.71. The Bertz CT molecular complexity index is 571. The average molecular weight is 324 g/mol. The van der Waals surface area contributed by atoms with Crippen LogP contribution in [0.3, 0.4) is 0 Å². The Morgan fingerprint density at radius 1 is 1.32 bits per heavy atom. The topological polar surface area (TPSA) is 55.6 Å². The SMILES string of the molecule is Cc1ccc(-n2nnnc2CNC(C)(C)C)cc1Br. The Morgan fingerprint density at radius 3 is 2.68 bits per heavy atom. The quantitative estimate of drug-likeness (QED) is 0.943. The number of tetrazole rings is 1. The van der Waals surface area contributed by atoms with Crippen molar-refractivity contribution in [2.24, 2.45) is 0 Å². The van der Waals surface area contributed by atoms with Crippen molar-refractivity contribution < 1.29 is 0 Å². The molecule has 6 heteroatoms. The van der Waals surface area contributed by atoms with Crippen LogP contribution in [-0.2, 0) is 6.54 Å². The Morgan fingerprint density at radius 2 is 2.05 bits per heavy atom. The van der Waals surface area contributed by atoms with E-state index in [-0.39, 0.29) is 5.54 Å². The average Bonchev–Trinajstić information content (AvgIpc) is 2.77. The minimum atomic E-state index is 0.0324. The van der Waals surface area contributed by atoms with E-state index in [9.17, 15) is 0 Å². The van der Waals surface area contributed by atoms with E-state index in [0.29, 0.717) is 6.54 Å². The van der Waals surface area contributed by atoms with Crippen molar-refractivity contribution >= 4 is 15.9 Å². The third kappa shape index (κ3) is 3.61. The van der Waals surface area contributed by atoms with Gasteiger partial charge in [0.25, 0.3) is 0 Å². The minimum absolute atomic E-state index is 0.0324. The molecule has 0 aliphatic heterocycles. The molecule has 0 unspecified atom stereocenters. The summed E-state index contributed by atoms with van der Waals surface area (Å²) in [5, 5.41) is 15.3. The van der Waals surface area contributed by atoms with Gasteiger partial charge in [0.1, 0.15) is 0 Å². The molecule has 0 amide bonds. The van der Waals surface area contributed by atoms with E-state index in [1.54, 1.807) is 4.68 Å². The predicted octanol–water partition coefficient (Wildman–Crippen LogP) is 2.62. The number of rotatable bonds is 3. The molecule has 0 aliphatic rings. The maximum atomic E-state index is 4.07. The van der Waals surface area contributed by atoms with Crippen LogP contribution in [0.15, 0.2) is 22.7 Å². The van der Waals surface area contributed by atoms with Crippen molar-refractivity contribution in [2.75, 3.05) is 0 Å². The highest BCUT2D eigenvalue weighted by atomic mass is 79.9. The minimum Gasteiger partial charge on any atom is -0.305 e. The second kappa shape index (κ2) is 5.38. The molecule has 0 radical (unpaired) electrons. The standard InChI is InChI=1S/C13H18BrN5/c1-9-5-6-10(7-11(9)14)19-12(16-17-18-19)8-15-13(2,3)4/h5-7,15H,8H2,1-4H3. The zero-order valence-electron chi connectivity index (χ0n) is 11.6. The number of hydrogen-bond acceptors (Lipinski definition) is 4. The maximum Gasteiger partial charge on any atom is 0.170 e. The normalized spacial score (nSPS) is 11.8. The van der Waals surface area contributed by atoms with Gasteiger partial charge in [-0.3, -0.25) is 0 Å². The van der Waals surface area contributed by atoms with E-state index >= 15 is 0 Å². The highest BCUT2D eigenvalue weighted by Crippen LogP contribution is 2.20. The Labute approximate surface area is 121 Å². The van der Waals surface area contributed by atoms with Crippen molar-refractivity contribution in [1.29, 1.82) is 0 Å². The van der Waals surface area contributed by atoms with Crippen LogP contribution >= 0.6 is 15.9 Å². The van der Waals surface area contributed by atoms with Crippen LogP contribution in [0, 0.1) is 6.92 Å². The van der Waals surface area contributed by atoms with E-state index in [2.05, 4.69) is 64.5 Å². The number of aryl methyl sites for hydroxylation is 1. The molecule has 19 heavy (non-hydrogen) atoms. The number of aromatic nitrogens is 4. The van der Waals surface area contributed by atoms with Gasteiger partial charge in [-0.2, -0.15) is 4.68 Å². The van der Waals surface area contributed by atoms with Gasteiger partial charge in [0.2, 0.25) is 0 Å². The highest BCUT2D eigenvalue weighted by molar-refractivity contribution is 9.10. The van der Waals surface area contributed by atoms with Gasteiger partial charge in [-0.25, -0.2) is 0 Å². The molecule has 0 bridgehead atoms. The van der Waals surface area contributed by atoms with Crippen molar-refractivity contribution in [2.45, 2.75) is 39.8 Å². The summed E-state index contributed by atoms with van der Waals surface area (Å²) < 4.78 is 2.80. The lowest BCUT2D eigenvalue weighted by Crippen LogP contribution is -2.35. The summed E-state index contributed by atoms with van der Waals surface area (Å²) in [4.78, 5) is 0. The molecule has 0 saturated carbocycles. The first-order valence-corrected chi connectivity index (χ1v) is 6.95. The Hall–Kier alpha value is -1.27. The highest BCUT2D eigenvalue weighted by Gasteiger charge is 2.13. The molecular weight excluding hydrogens is 306 g/mol. The van der Waals surface area contributed by atoms with Crippen molar-refractivity contribution in [3.05, 3.63) is 34.1 Å². The van der Waals surface area contributed by atoms with Crippen LogP contribution in [0.25, 0.3) is 5.69 Å². The molecule has 0 atom stereocenters. The van der Waals surface area contributed by atoms with Gasteiger partial charge in [0.15, 0.2) is 5.82 Å². The Balaban J connectivity index is 2.26. The van der Waals surface area contributed by atoms with Gasteiger partial charge in [-0.15, -0.1) is 5.10 Å². The smallest absolute Gasteiger partial charge is 0.170 e. The van der Waals surface area contributed by atoms with Crippen LogP contribution < -0.4 is 5.32 Å². The van der Waals surface area contributed by atoms with Gasteiger partial charge in [-0.1, -0.05) is 22.0 Å². The van der Waals surface area contributed by atoms with Gasteiger partial charge in [0, 0.05) is 10.0 Å². The second-order valence-corrected chi connectivity index (χ2v) is 6.40. The Kier molecular flexibility index (Phi) is 4.01. The molecule has 0 saturated heterocycles. The zero-order valence-corrected chi connectivity index (χ0v) is 13.2. The molecule has 1 N–H and O–H groups in total. The van der Waals surface area contributed by atoms with E-state index in [4.69, 9.17) is 0 Å². The fourth-order valence-electron chi connectivity index (χ4n) is 1.57. The summed E-state index contributed by atoms with van der Waals surface area (Å²) in [5.41, 5.74) is 2.17. The van der Waals surface area contributed by atoms with Crippen molar-refractivity contribution in [1.82, 2.24) is 25.5 Å². The third-order valence-corrected chi connectivity index (χ3v) is 3.57. The van der Waals surface area contributed by atoms with Crippen LogP contribution in [0.5, 0.6) is 0 Å². The van der Waals surface area contributed by atoms with E-state index in [1.807, 2.05) is 18.2 Å².